The summed E-state index contributed by atoms with van der Waals surface area (Å²) in [4.78, 5) is 27.9. The number of anilines is 1. The van der Waals surface area contributed by atoms with Gasteiger partial charge in [0.05, 0.1) is 12.0 Å². The van der Waals surface area contributed by atoms with Crippen LogP contribution in [0, 0.1) is 5.92 Å². The lowest BCUT2D eigenvalue weighted by Crippen LogP contribution is -2.55. The van der Waals surface area contributed by atoms with Gasteiger partial charge in [0.15, 0.2) is 0 Å². The zero-order chi connectivity index (χ0) is 15.0. The Balaban J connectivity index is 1.74. The van der Waals surface area contributed by atoms with Gasteiger partial charge in [-0.15, -0.1) is 0 Å². The largest absolute Gasteiger partial charge is 0.389 e. The van der Waals surface area contributed by atoms with E-state index in [-0.39, 0.29) is 24.2 Å². The minimum atomic E-state index is -0.400. The molecule has 0 bridgehead atoms. The minimum Gasteiger partial charge on any atom is -0.389 e. The first kappa shape index (κ1) is 14.1. The van der Waals surface area contributed by atoms with Gasteiger partial charge in [0, 0.05) is 31.7 Å². The molecule has 2 saturated heterocycles. The van der Waals surface area contributed by atoms with Gasteiger partial charge in [0.1, 0.15) is 0 Å². The number of benzene rings is 1. The Morgan fingerprint density at radius 1 is 1.29 bits per heavy atom. The molecule has 1 unspecified atom stereocenters. The van der Waals surface area contributed by atoms with Crippen LogP contribution in [0.15, 0.2) is 24.3 Å². The van der Waals surface area contributed by atoms with E-state index in [2.05, 4.69) is 6.92 Å². The molecule has 0 aromatic heterocycles. The summed E-state index contributed by atoms with van der Waals surface area (Å²) in [7, 11) is 0. The maximum atomic E-state index is 12.3. The van der Waals surface area contributed by atoms with Gasteiger partial charge in [0.2, 0.25) is 11.8 Å². The van der Waals surface area contributed by atoms with E-state index in [0.717, 1.165) is 17.7 Å². The summed E-state index contributed by atoms with van der Waals surface area (Å²) in [5, 5.41) is 9.29. The van der Waals surface area contributed by atoms with E-state index in [0.29, 0.717) is 19.6 Å². The maximum Gasteiger partial charge on any atom is 0.228 e. The zero-order valence-corrected chi connectivity index (χ0v) is 12.2. The van der Waals surface area contributed by atoms with E-state index < -0.39 is 6.10 Å². The summed E-state index contributed by atoms with van der Waals surface area (Å²) in [6.45, 7) is 3.30. The number of carbonyl (C=O) groups is 2. The van der Waals surface area contributed by atoms with E-state index in [1.54, 1.807) is 9.80 Å². The molecule has 0 aliphatic carbocycles. The van der Waals surface area contributed by atoms with Crippen LogP contribution in [0.1, 0.15) is 18.9 Å². The molecular weight excluding hydrogens is 268 g/mol. The molecular formula is C16H20N2O3. The Morgan fingerprint density at radius 2 is 2.00 bits per heavy atom. The van der Waals surface area contributed by atoms with Crippen LogP contribution in [0.5, 0.6) is 0 Å². The van der Waals surface area contributed by atoms with Crippen molar-refractivity contribution in [1.29, 1.82) is 0 Å². The standard InChI is InChI=1S/C16H20N2O3/c1-2-11-5-3-4-6-14(11)18-8-12(7-15(18)20)16(21)17-9-13(19)10-17/h3-6,12-13,19H,2,7-10H2,1H3. The molecule has 1 atom stereocenters. The summed E-state index contributed by atoms with van der Waals surface area (Å²) in [5.74, 6) is -0.282. The van der Waals surface area contributed by atoms with Crippen LogP contribution in [-0.4, -0.2) is 47.6 Å². The third-order valence-electron chi connectivity index (χ3n) is 4.31. The number of aliphatic hydroxyl groups is 1. The number of likely N-dealkylation sites (tertiary alicyclic amines) is 1. The summed E-state index contributed by atoms with van der Waals surface area (Å²) in [6, 6.07) is 7.84. The van der Waals surface area contributed by atoms with Gasteiger partial charge in [0.25, 0.3) is 0 Å². The van der Waals surface area contributed by atoms with Crippen LogP contribution < -0.4 is 4.90 Å². The van der Waals surface area contributed by atoms with Gasteiger partial charge >= 0.3 is 0 Å². The SMILES string of the molecule is CCc1ccccc1N1CC(C(=O)N2CC(O)C2)CC1=O. The summed E-state index contributed by atoms with van der Waals surface area (Å²) < 4.78 is 0. The van der Waals surface area contributed by atoms with Gasteiger partial charge in [-0.05, 0) is 18.1 Å². The molecule has 0 spiro atoms. The van der Waals surface area contributed by atoms with Crippen molar-refractivity contribution in [3.05, 3.63) is 29.8 Å². The van der Waals surface area contributed by atoms with Gasteiger partial charge < -0.3 is 14.9 Å². The van der Waals surface area contributed by atoms with Crippen molar-refractivity contribution in [3.8, 4) is 0 Å². The molecule has 1 aromatic rings. The first-order valence-electron chi connectivity index (χ1n) is 7.45. The van der Waals surface area contributed by atoms with Crippen molar-refractivity contribution in [2.45, 2.75) is 25.9 Å². The van der Waals surface area contributed by atoms with E-state index >= 15 is 0 Å². The molecule has 2 aliphatic heterocycles. The van der Waals surface area contributed by atoms with Crippen LogP contribution in [0.3, 0.4) is 0 Å². The van der Waals surface area contributed by atoms with Crippen LogP contribution in [0.4, 0.5) is 5.69 Å². The van der Waals surface area contributed by atoms with Crippen LogP contribution in [0.2, 0.25) is 0 Å². The number of β-amino-alcohol motifs (C(OH)–C–C–N with tert-alkyl or cyclic N) is 1. The Bertz CT molecular complexity index is 566. The normalized spacial score (nSPS) is 22.6. The number of aliphatic hydroxyl groups excluding tert-OH is 1. The smallest absolute Gasteiger partial charge is 0.228 e. The highest BCUT2D eigenvalue weighted by molar-refractivity contribution is 6.00. The van der Waals surface area contributed by atoms with Crippen molar-refractivity contribution < 1.29 is 14.7 Å². The van der Waals surface area contributed by atoms with Crippen LogP contribution >= 0.6 is 0 Å². The molecule has 2 amide bonds. The highest BCUT2D eigenvalue weighted by Gasteiger charge is 2.40. The Labute approximate surface area is 124 Å². The van der Waals surface area contributed by atoms with Crippen molar-refractivity contribution in [3.63, 3.8) is 0 Å². The second-order valence-electron chi connectivity index (χ2n) is 5.78. The van der Waals surface area contributed by atoms with Crippen molar-refractivity contribution in [2.24, 2.45) is 5.92 Å². The van der Waals surface area contributed by atoms with E-state index in [4.69, 9.17) is 0 Å². The second kappa shape index (κ2) is 5.48. The van der Waals surface area contributed by atoms with Crippen molar-refractivity contribution >= 4 is 17.5 Å². The number of aryl methyl sites for hydroxylation is 1. The van der Waals surface area contributed by atoms with Crippen LogP contribution in [0.25, 0.3) is 0 Å². The quantitative estimate of drug-likeness (QED) is 0.895. The number of para-hydroxylation sites is 1. The van der Waals surface area contributed by atoms with Gasteiger partial charge in [-0.2, -0.15) is 0 Å². The highest BCUT2D eigenvalue weighted by Crippen LogP contribution is 2.30. The third-order valence-corrected chi connectivity index (χ3v) is 4.31. The Kier molecular flexibility index (Phi) is 3.68. The molecule has 1 N–H and O–H groups in total. The maximum absolute atomic E-state index is 12.3. The molecule has 112 valence electrons. The number of rotatable bonds is 3. The van der Waals surface area contributed by atoms with Gasteiger partial charge in [-0.1, -0.05) is 25.1 Å². The fourth-order valence-electron chi connectivity index (χ4n) is 3.07. The van der Waals surface area contributed by atoms with Crippen LogP contribution in [-0.2, 0) is 16.0 Å². The fourth-order valence-corrected chi connectivity index (χ4v) is 3.07. The molecule has 1 aromatic carbocycles. The van der Waals surface area contributed by atoms with Gasteiger partial charge in [-0.25, -0.2) is 0 Å². The zero-order valence-electron chi connectivity index (χ0n) is 12.2. The molecule has 0 saturated carbocycles. The van der Waals surface area contributed by atoms with E-state index in [1.807, 2.05) is 24.3 Å². The third kappa shape index (κ3) is 2.53. The van der Waals surface area contributed by atoms with Gasteiger partial charge in [-0.3, -0.25) is 9.59 Å². The highest BCUT2D eigenvalue weighted by atomic mass is 16.3. The lowest BCUT2D eigenvalue weighted by Gasteiger charge is -2.37. The summed E-state index contributed by atoms with van der Waals surface area (Å²) in [6.07, 6.45) is 0.725. The van der Waals surface area contributed by atoms with E-state index in [1.165, 1.54) is 0 Å². The minimum absolute atomic E-state index is 0.00914. The second-order valence-corrected chi connectivity index (χ2v) is 5.78. The van der Waals surface area contributed by atoms with E-state index in [9.17, 15) is 14.7 Å². The monoisotopic (exact) mass is 288 g/mol. The average Bonchev–Trinajstić information content (AvgIpc) is 2.85. The molecule has 0 radical (unpaired) electrons. The van der Waals surface area contributed by atoms with Crippen molar-refractivity contribution in [1.82, 2.24) is 4.90 Å². The topological polar surface area (TPSA) is 60.9 Å². The average molecular weight is 288 g/mol. The summed E-state index contributed by atoms with van der Waals surface area (Å²) in [5.41, 5.74) is 2.04. The number of nitrogens with zero attached hydrogens (tertiary/aromatic N) is 2. The molecule has 21 heavy (non-hydrogen) atoms. The molecule has 3 rings (SSSR count). The first-order valence-corrected chi connectivity index (χ1v) is 7.45. The van der Waals surface area contributed by atoms with Crippen molar-refractivity contribution in [2.75, 3.05) is 24.5 Å². The predicted octanol–water partition coefficient (Wildman–Crippen LogP) is 0.805. The number of carbonyl (C=O) groups excluding carboxylic acids is 2. The number of hydrogen-bond donors (Lipinski definition) is 1. The first-order chi connectivity index (χ1) is 10.1. The summed E-state index contributed by atoms with van der Waals surface area (Å²) >= 11 is 0. The molecule has 2 fully saturated rings. The molecule has 5 nitrogen and oxygen atoms in total. The Hall–Kier alpha value is -1.88. The fraction of sp³-hybridized carbons (Fsp3) is 0.500. The number of hydrogen-bond acceptors (Lipinski definition) is 3. The predicted molar refractivity (Wildman–Crippen MR) is 78.9 cm³/mol. The lowest BCUT2D eigenvalue weighted by molar-refractivity contribution is -0.145. The lowest BCUT2D eigenvalue weighted by atomic mass is 10.0. The molecule has 2 aliphatic rings. The Morgan fingerprint density at radius 3 is 2.67 bits per heavy atom. The number of amides is 2. The molecule has 5 heteroatoms. The molecule has 2 heterocycles.